The zero-order valence-electron chi connectivity index (χ0n) is 8.93. The maximum Gasteiger partial charge on any atom is 0.392 e. The van der Waals surface area contributed by atoms with E-state index >= 15 is 0 Å². The minimum Gasteiger partial charge on any atom is -0.477 e. The van der Waals surface area contributed by atoms with Crippen LogP contribution in [0.5, 0.6) is 5.88 Å². The Morgan fingerprint density at radius 2 is 2.06 bits per heavy atom. The Labute approximate surface area is 90.9 Å². The molecule has 0 aliphatic rings. The van der Waals surface area contributed by atoms with Crippen LogP contribution in [0.4, 0.5) is 19.0 Å². The van der Waals surface area contributed by atoms with E-state index in [0.717, 1.165) is 0 Å². The zero-order valence-corrected chi connectivity index (χ0v) is 8.93. The highest BCUT2D eigenvalue weighted by molar-refractivity contribution is 5.46. The van der Waals surface area contributed by atoms with Crippen molar-refractivity contribution in [3.8, 4) is 5.88 Å². The minimum absolute atomic E-state index is 0.170. The molecule has 1 aromatic heterocycles. The predicted octanol–water partition coefficient (Wildman–Crippen LogP) is 2.16. The third kappa shape index (κ3) is 3.56. The maximum atomic E-state index is 11.9. The van der Waals surface area contributed by atoms with Gasteiger partial charge in [0.15, 0.2) is 0 Å². The summed E-state index contributed by atoms with van der Waals surface area (Å²) in [6.07, 6.45) is -3.97. The average molecular weight is 235 g/mol. The van der Waals surface area contributed by atoms with Gasteiger partial charge in [-0.1, -0.05) is 0 Å². The Bertz CT molecular complexity index is 354. The molecule has 1 rings (SSSR count). The molecular weight excluding hydrogens is 223 g/mol. The van der Waals surface area contributed by atoms with Crippen molar-refractivity contribution in [1.29, 1.82) is 0 Å². The third-order valence-corrected chi connectivity index (χ3v) is 1.90. The van der Waals surface area contributed by atoms with Gasteiger partial charge in [0.1, 0.15) is 12.1 Å². The number of nitrogens with one attached hydrogen (secondary N) is 1. The first kappa shape index (κ1) is 12.5. The second-order valence-corrected chi connectivity index (χ2v) is 3.12. The number of hydrogen-bond acceptors (Lipinski definition) is 4. The summed E-state index contributed by atoms with van der Waals surface area (Å²) < 4.78 is 40.6. The normalized spacial score (nSPS) is 11.3. The first-order valence-corrected chi connectivity index (χ1v) is 4.63. The van der Waals surface area contributed by atoms with Crippen LogP contribution in [0.25, 0.3) is 0 Å². The molecule has 0 aliphatic heterocycles. The van der Waals surface area contributed by atoms with Gasteiger partial charge in [-0.25, -0.2) is 9.97 Å². The molecule has 1 heterocycles. The van der Waals surface area contributed by atoms with Crippen LogP contribution in [0.1, 0.15) is 12.0 Å². The van der Waals surface area contributed by atoms with E-state index in [1.165, 1.54) is 6.33 Å². The lowest BCUT2D eigenvalue weighted by Crippen LogP contribution is -2.14. The highest BCUT2D eigenvalue weighted by Crippen LogP contribution is 2.22. The molecule has 0 saturated heterocycles. The second kappa shape index (κ2) is 5.00. The lowest BCUT2D eigenvalue weighted by atomic mass is 10.3. The fourth-order valence-corrected chi connectivity index (χ4v) is 1.09. The van der Waals surface area contributed by atoms with E-state index in [2.05, 4.69) is 15.3 Å². The standard InChI is InChI=1S/C9H12F3N3O/c1-6-7(13-2)14-5-15-8(6)16-4-3-9(10,11)12/h5H,3-4H2,1-2H3,(H,13,14,15). The van der Waals surface area contributed by atoms with Crippen molar-refractivity contribution in [2.75, 3.05) is 19.0 Å². The van der Waals surface area contributed by atoms with E-state index in [1.807, 2.05) is 0 Å². The van der Waals surface area contributed by atoms with Crippen LogP contribution in [0.3, 0.4) is 0 Å². The van der Waals surface area contributed by atoms with Crippen LogP contribution in [0, 0.1) is 6.92 Å². The number of alkyl halides is 3. The Balaban J connectivity index is 2.61. The monoisotopic (exact) mass is 235 g/mol. The summed E-state index contributed by atoms with van der Waals surface area (Å²) in [5.41, 5.74) is 0.590. The number of aromatic nitrogens is 2. The summed E-state index contributed by atoms with van der Waals surface area (Å²) >= 11 is 0. The molecule has 0 fully saturated rings. The lowest BCUT2D eigenvalue weighted by Gasteiger charge is -2.11. The fraction of sp³-hybridized carbons (Fsp3) is 0.556. The first-order chi connectivity index (χ1) is 7.44. The molecule has 0 spiro atoms. The van der Waals surface area contributed by atoms with Crippen molar-refractivity contribution in [3.63, 3.8) is 0 Å². The zero-order chi connectivity index (χ0) is 12.2. The Hall–Kier alpha value is -1.53. The molecule has 1 N–H and O–H groups in total. The van der Waals surface area contributed by atoms with Crippen molar-refractivity contribution in [2.24, 2.45) is 0 Å². The number of nitrogens with zero attached hydrogens (tertiary/aromatic N) is 2. The largest absolute Gasteiger partial charge is 0.477 e. The van der Waals surface area contributed by atoms with Crippen LogP contribution in [0.15, 0.2) is 6.33 Å². The number of halogens is 3. The molecule has 0 amide bonds. The van der Waals surface area contributed by atoms with Gasteiger partial charge in [0.05, 0.1) is 18.6 Å². The Morgan fingerprint density at radius 3 is 2.62 bits per heavy atom. The summed E-state index contributed by atoms with van der Waals surface area (Å²) in [4.78, 5) is 7.66. The average Bonchev–Trinajstić information content (AvgIpc) is 2.19. The van der Waals surface area contributed by atoms with Crippen LogP contribution in [0.2, 0.25) is 0 Å². The molecular formula is C9H12F3N3O. The van der Waals surface area contributed by atoms with Gasteiger partial charge in [-0.3, -0.25) is 0 Å². The molecule has 4 nitrogen and oxygen atoms in total. The fourth-order valence-electron chi connectivity index (χ4n) is 1.09. The highest BCUT2D eigenvalue weighted by atomic mass is 19.4. The summed E-state index contributed by atoms with van der Waals surface area (Å²) in [5.74, 6) is 0.709. The predicted molar refractivity (Wildman–Crippen MR) is 52.5 cm³/mol. The Kier molecular flexibility index (Phi) is 3.92. The van der Waals surface area contributed by atoms with Gasteiger partial charge < -0.3 is 10.1 Å². The van der Waals surface area contributed by atoms with Gasteiger partial charge in [0, 0.05) is 7.05 Å². The molecule has 0 radical (unpaired) electrons. The molecule has 90 valence electrons. The molecule has 0 aliphatic carbocycles. The topological polar surface area (TPSA) is 47.0 Å². The molecule has 7 heteroatoms. The van der Waals surface area contributed by atoms with Crippen LogP contribution in [-0.4, -0.2) is 29.8 Å². The molecule has 0 aromatic carbocycles. The lowest BCUT2D eigenvalue weighted by molar-refractivity contribution is -0.139. The van der Waals surface area contributed by atoms with Gasteiger partial charge in [0.2, 0.25) is 5.88 Å². The van der Waals surface area contributed by atoms with E-state index in [9.17, 15) is 13.2 Å². The van der Waals surface area contributed by atoms with Crippen molar-refractivity contribution in [2.45, 2.75) is 19.5 Å². The van der Waals surface area contributed by atoms with Gasteiger partial charge >= 0.3 is 6.18 Å². The van der Waals surface area contributed by atoms with Crippen molar-refractivity contribution in [3.05, 3.63) is 11.9 Å². The van der Waals surface area contributed by atoms with E-state index in [-0.39, 0.29) is 5.88 Å². The van der Waals surface area contributed by atoms with Crippen LogP contribution >= 0.6 is 0 Å². The van der Waals surface area contributed by atoms with Crippen LogP contribution < -0.4 is 10.1 Å². The van der Waals surface area contributed by atoms with E-state index < -0.39 is 19.2 Å². The third-order valence-electron chi connectivity index (χ3n) is 1.90. The molecule has 0 saturated carbocycles. The van der Waals surface area contributed by atoms with Gasteiger partial charge in [0.25, 0.3) is 0 Å². The summed E-state index contributed by atoms with van der Waals surface area (Å²) in [5, 5.41) is 2.79. The molecule has 0 unspecified atom stereocenters. The Morgan fingerprint density at radius 1 is 1.38 bits per heavy atom. The van der Waals surface area contributed by atoms with Gasteiger partial charge in [-0.05, 0) is 6.92 Å². The quantitative estimate of drug-likeness (QED) is 0.868. The van der Waals surface area contributed by atoms with Crippen LogP contribution in [-0.2, 0) is 0 Å². The summed E-state index contributed by atoms with van der Waals surface area (Å²) in [6.45, 7) is 1.24. The second-order valence-electron chi connectivity index (χ2n) is 3.12. The maximum absolute atomic E-state index is 11.9. The molecule has 16 heavy (non-hydrogen) atoms. The smallest absolute Gasteiger partial charge is 0.392 e. The number of hydrogen-bond donors (Lipinski definition) is 1. The van der Waals surface area contributed by atoms with E-state index in [4.69, 9.17) is 4.74 Å². The number of ether oxygens (including phenoxy) is 1. The van der Waals surface area contributed by atoms with Crippen molar-refractivity contribution in [1.82, 2.24) is 9.97 Å². The highest BCUT2D eigenvalue weighted by Gasteiger charge is 2.27. The SMILES string of the molecule is CNc1ncnc(OCCC(F)(F)F)c1C. The molecule has 1 aromatic rings. The molecule has 0 atom stereocenters. The summed E-state index contributed by atoms with van der Waals surface area (Å²) in [7, 11) is 1.66. The number of rotatable bonds is 4. The van der Waals surface area contributed by atoms with Crippen molar-refractivity contribution >= 4 is 5.82 Å². The van der Waals surface area contributed by atoms with Crippen molar-refractivity contribution < 1.29 is 17.9 Å². The first-order valence-electron chi connectivity index (χ1n) is 4.63. The van der Waals surface area contributed by atoms with Gasteiger partial charge in [-0.2, -0.15) is 13.2 Å². The summed E-state index contributed by atoms with van der Waals surface area (Å²) in [6, 6.07) is 0. The minimum atomic E-state index is -4.22. The molecule has 0 bridgehead atoms. The van der Waals surface area contributed by atoms with E-state index in [0.29, 0.717) is 11.4 Å². The van der Waals surface area contributed by atoms with Gasteiger partial charge in [-0.15, -0.1) is 0 Å². The van der Waals surface area contributed by atoms with E-state index in [1.54, 1.807) is 14.0 Å². The number of anilines is 1.